The van der Waals surface area contributed by atoms with Crippen LogP contribution in [0.4, 0.5) is 13.2 Å². The van der Waals surface area contributed by atoms with Gasteiger partial charge in [-0.1, -0.05) is 0 Å². The molecule has 0 saturated carbocycles. The quantitative estimate of drug-likeness (QED) is 0.831. The first-order valence-electron chi connectivity index (χ1n) is 4.95. The molecule has 0 spiro atoms. The average molecular weight is 283 g/mol. The highest BCUT2D eigenvalue weighted by Gasteiger charge is 2.24. The van der Waals surface area contributed by atoms with Gasteiger partial charge >= 0.3 is 0 Å². The van der Waals surface area contributed by atoms with Crippen LogP contribution in [-0.2, 0) is 14.8 Å². The van der Waals surface area contributed by atoms with Gasteiger partial charge in [-0.15, -0.1) is 0 Å². The molecule has 1 aromatic rings. The summed E-state index contributed by atoms with van der Waals surface area (Å²) in [6.07, 6.45) is -0.437. The summed E-state index contributed by atoms with van der Waals surface area (Å²) in [4.78, 5) is -0.940. The van der Waals surface area contributed by atoms with E-state index in [4.69, 9.17) is 4.74 Å². The van der Waals surface area contributed by atoms with Crippen molar-refractivity contribution < 1.29 is 26.3 Å². The average Bonchev–Trinajstić information content (AvgIpc) is 2.32. The van der Waals surface area contributed by atoms with Gasteiger partial charge in [-0.05, 0) is 19.1 Å². The lowest BCUT2D eigenvalue weighted by Crippen LogP contribution is -2.32. The maximum absolute atomic E-state index is 13.3. The van der Waals surface area contributed by atoms with E-state index in [-0.39, 0.29) is 6.54 Å². The topological polar surface area (TPSA) is 55.4 Å². The Morgan fingerprint density at radius 2 is 1.89 bits per heavy atom. The van der Waals surface area contributed by atoms with Crippen LogP contribution in [0.25, 0.3) is 0 Å². The molecule has 0 fully saturated rings. The van der Waals surface area contributed by atoms with E-state index in [0.717, 1.165) is 0 Å². The second kappa shape index (κ2) is 5.68. The lowest BCUT2D eigenvalue weighted by Gasteiger charge is -2.12. The minimum Gasteiger partial charge on any atom is -0.380 e. The molecule has 1 aromatic carbocycles. The molecule has 0 aliphatic rings. The maximum atomic E-state index is 13.3. The molecule has 8 heteroatoms. The molecule has 1 rings (SSSR count). The molecule has 0 heterocycles. The summed E-state index contributed by atoms with van der Waals surface area (Å²) >= 11 is 0. The fourth-order valence-corrected chi connectivity index (χ4v) is 2.29. The van der Waals surface area contributed by atoms with Crippen molar-refractivity contribution in [3.05, 3.63) is 29.6 Å². The van der Waals surface area contributed by atoms with Gasteiger partial charge in [0.15, 0.2) is 17.5 Å². The van der Waals surface area contributed by atoms with Gasteiger partial charge in [0, 0.05) is 13.7 Å². The second-order valence-corrected chi connectivity index (χ2v) is 5.31. The molecule has 1 unspecified atom stereocenters. The summed E-state index contributed by atoms with van der Waals surface area (Å²) in [6.45, 7) is 1.47. The minimum absolute atomic E-state index is 0.114. The van der Waals surface area contributed by atoms with Crippen molar-refractivity contribution in [1.29, 1.82) is 0 Å². The van der Waals surface area contributed by atoms with Crippen LogP contribution in [0.1, 0.15) is 6.92 Å². The monoisotopic (exact) mass is 283 g/mol. The first-order chi connectivity index (χ1) is 8.29. The van der Waals surface area contributed by atoms with Crippen molar-refractivity contribution in [2.24, 2.45) is 0 Å². The molecule has 0 bridgehead atoms. The lowest BCUT2D eigenvalue weighted by molar-refractivity contribution is 0.122. The van der Waals surface area contributed by atoms with Crippen LogP contribution in [0, 0.1) is 17.5 Å². The smallest absolute Gasteiger partial charge is 0.243 e. The molecule has 0 aliphatic carbocycles. The number of benzene rings is 1. The Labute approximate surface area is 103 Å². The molecule has 0 radical (unpaired) electrons. The molecule has 102 valence electrons. The van der Waals surface area contributed by atoms with Crippen LogP contribution >= 0.6 is 0 Å². The number of nitrogens with one attached hydrogen (secondary N) is 1. The molecule has 0 aromatic heterocycles. The largest absolute Gasteiger partial charge is 0.380 e. The third kappa shape index (κ3) is 3.21. The van der Waals surface area contributed by atoms with Gasteiger partial charge in [0.05, 0.1) is 6.10 Å². The zero-order chi connectivity index (χ0) is 13.9. The summed E-state index contributed by atoms with van der Waals surface area (Å²) in [6, 6.07) is 1.21. The number of rotatable bonds is 5. The van der Waals surface area contributed by atoms with Crippen LogP contribution in [0.3, 0.4) is 0 Å². The third-order valence-corrected chi connectivity index (χ3v) is 3.69. The molecule has 0 saturated heterocycles. The van der Waals surface area contributed by atoms with E-state index in [1.165, 1.54) is 7.11 Å². The Hall–Kier alpha value is -1.12. The predicted molar refractivity (Wildman–Crippen MR) is 58.0 cm³/mol. The summed E-state index contributed by atoms with van der Waals surface area (Å²) in [5.41, 5.74) is 0. The van der Waals surface area contributed by atoms with E-state index in [1.807, 2.05) is 4.72 Å². The zero-order valence-electron chi connectivity index (χ0n) is 9.71. The highest BCUT2D eigenvalue weighted by Crippen LogP contribution is 2.19. The third-order valence-electron chi connectivity index (χ3n) is 2.25. The van der Waals surface area contributed by atoms with Gasteiger partial charge in [-0.2, -0.15) is 0 Å². The first kappa shape index (κ1) is 14.9. The molecule has 18 heavy (non-hydrogen) atoms. The van der Waals surface area contributed by atoms with Crippen LogP contribution in [-0.4, -0.2) is 28.2 Å². The molecule has 0 aliphatic heterocycles. The Balaban J connectivity index is 3.03. The predicted octanol–water partition coefficient (Wildman–Crippen LogP) is 1.42. The number of hydrogen-bond acceptors (Lipinski definition) is 3. The van der Waals surface area contributed by atoms with Crippen molar-refractivity contribution in [2.75, 3.05) is 13.7 Å². The Kier molecular flexibility index (Phi) is 4.71. The van der Waals surface area contributed by atoms with E-state index < -0.39 is 38.5 Å². The van der Waals surface area contributed by atoms with E-state index in [0.29, 0.717) is 12.1 Å². The molecular formula is C10H12F3NO3S. The van der Waals surface area contributed by atoms with Gasteiger partial charge in [0.25, 0.3) is 0 Å². The van der Waals surface area contributed by atoms with Gasteiger partial charge in [-0.25, -0.2) is 26.3 Å². The van der Waals surface area contributed by atoms with Crippen molar-refractivity contribution in [2.45, 2.75) is 17.9 Å². The fourth-order valence-electron chi connectivity index (χ4n) is 1.10. The zero-order valence-corrected chi connectivity index (χ0v) is 10.5. The van der Waals surface area contributed by atoms with Gasteiger partial charge in [-0.3, -0.25) is 0 Å². The highest BCUT2D eigenvalue weighted by atomic mass is 32.2. The Bertz CT molecular complexity index is 533. The second-order valence-electron chi connectivity index (χ2n) is 3.57. The van der Waals surface area contributed by atoms with Crippen LogP contribution in [0.2, 0.25) is 0 Å². The van der Waals surface area contributed by atoms with Crippen molar-refractivity contribution >= 4 is 10.0 Å². The summed E-state index contributed by atoms with van der Waals surface area (Å²) in [5.74, 6) is -5.01. The normalized spacial score (nSPS) is 13.6. The number of sulfonamides is 1. The molecule has 4 nitrogen and oxygen atoms in total. The molecule has 0 amide bonds. The standard InChI is InChI=1S/C10H12F3NO3S/c1-6(17-2)5-14-18(15,16)8-4-3-7(11)9(12)10(8)13/h3-4,6,14H,5H2,1-2H3. The number of ether oxygens (including phenoxy) is 1. The Morgan fingerprint density at radius 1 is 1.28 bits per heavy atom. The van der Waals surface area contributed by atoms with Crippen LogP contribution in [0.15, 0.2) is 17.0 Å². The van der Waals surface area contributed by atoms with E-state index >= 15 is 0 Å². The molecular weight excluding hydrogens is 271 g/mol. The van der Waals surface area contributed by atoms with Crippen LogP contribution < -0.4 is 4.72 Å². The van der Waals surface area contributed by atoms with Gasteiger partial charge in [0.1, 0.15) is 4.90 Å². The minimum atomic E-state index is -4.25. The number of methoxy groups -OCH3 is 1. The maximum Gasteiger partial charge on any atom is 0.243 e. The number of hydrogen-bond donors (Lipinski definition) is 1. The number of halogens is 3. The molecule has 1 N–H and O–H groups in total. The van der Waals surface area contributed by atoms with Crippen molar-refractivity contribution in [3.63, 3.8) is 0 Å². The van der Waals surface area contributed by atoms with Crippen molar-refractivity contribution in [3.8, 4) is 0 Å². The molecule has 1 atom stereocenters. The van der Waals surface area contributed by atoms with Crippen LogP contribution in [0.5, 0.6) is 0 Å². The first-order valence-corrected chi connectivity index (χ1v) is 6.44. The SMILES string of the molecule is COC(C)CNS(=O)(=O)c1ccc(F)c(F)c1F. The van der Waals surface area contributed by atoms with Gasteiger partial charge < -0.3 is 4.74 Å². The summed E-state index contributed by atoms with van der Waals surface area (Å²) in [7, 11) is -2.87. The summed E-state index contributed by atoms with van der Waals surface area (Å²) < 4.78 is 69.0. The highest BCUT2D eigenvalue weighted by molar-refractivity contribution is 7.89. The lowest BCUT2D eigenvalue weighted by atomic mass is 10.3. The van der Waals surface area contributed by atoms with E-state index in [9.17, 15) is 21.6 Å². The fraction of sp³-hybridized carbons (Fsp3) is 0.400. The van der Waals surface area contributed by atoms with E-state index in [1.54, 1.807) is 6.92 Å². The van der Waals surface area contributed by atoms with E-state index in [2.05, 4.69) is 0 Å². The van der Waals surface area contributed by atoms with Crippen molar-refractivity contribution in [1.82, 2.24) is 4.72 Å². The summed E-state index contributed by atoms with van der Waals surface area (Å²) in [5, 5.41) is 0. The van der Waals surface area contributed by atoms with Gasteiger partial charge in [0.2, 0.25) is 10.0 Å². The Morgan fingerprint density at radius 3 is 2.44 bits per heavy atom.